The Labute approximate surface area is 133 Å². The van der Waals surface area contributed by atoms with Gasteiger partial charge >= 0.3 is 6.09 Å². The van der Waals surface area contributed by atoms with Crippen LogP contribution in [0, 0.1) is 0 Å². The predicted molar refractivity (Wildman–Crippen MR) is 86.1 cm³/mol. The molecule has 6 heteroatoms. The molecule has 22 heavy (non-hydrogen) atoms. The third kappa shape index (κ3) is 5.09. The fourth-order valence-corrected chi connectivity index (χ4v) is 1.98. The SMILES string of the molecule is C=C/C(=C\N(C)CC)N1CCN(C(=O)OC(C)(C)C)CC1=O. The standard InChI is InChI=1S/C16H27N3O3/c1-7-13(11-17(6)8-2)19-10-9-18(12-14(19)20)15(21)22-16(3,4)5/h7,11H,1,8-10,12H2,2-6H3/b13-11+. The molecule has 1 fully saturated rings. The molecule has 0 spiro atoms. The third-order valence-corrected chi connectivity index (χ3v) is 3.24. The Kier molecular flexibility index (Phi) is 6.02. The summed E-state index contributed by atoms with van der Waals surface area (Å²) < 4.78 is 5.30. The molecule has 0 aromatic heterocycles. The molecular formula is C16H27N3O3. The van der Waals surface area contributed by atoms with Gasteiger partial charge in [0.05, 0.1) is 5.70 Å². The van der Waals surface area contributed by atoms with Gasteiger partial charge in [-0.3, -0.25) is 9.69 Å². The van der Waals surface area contributed by atoms with Crippen molar-refractivity contribution in [2.45, 2.75) is 33.3 Å². The van der Waals surface area contributed by atoms with Crippen LogP contribution in [0.4, 0.5) is 4.79 Å². The van der Waals surface area contributed by atoms with Gasteiger partial charge in [-0.15, -0.1) is 0 Å². The third-order valence-electron chi connectivity index (χ3n) is 3.24. The minimum absolute atomic E-state index is 0.0237. The minimum atomic E-state index is -0.562. The van der Waals surface area contributed by atoms with Gasteiger partial charge in [0.15, 0.2) is 0 Å². The second kappa shape index (κ2) is 7.33. The Balaban J connectivity index is 2.74. The van der Waals surface area contributed by atoms with E-state index in [9.17, 15) is 9.59 Å². The lowest BCUT2D eigenvalue weighted by atomic mass is 10.2. The Hall–Kier alpha value is -1.98. The highest BCUT2D eigenvalue weighted by atomic mass is 16.6. The van der Waals surface area contributed by atoms with Crippen LogP contribution < -0.4 is 0 Å². The van der Waals surface area contributed by atoms with Crippen molar-refractivity contribution in [2.75, 3.05) is 33.2 Å². The topological polar surface area (TPSA) is 53.1 Å². The van der Waals surface area contributed by atoms with Crippen LogP contribution in [0.3, 0.4) is 0 Å². The van der Waals surface area contributed by atoms with Gasteiger partial charge in [0.2, 0.25) is 5.91 Å². The van der Waals surface area contributed by atoms with Gasteiger partial charge in [0.25, 0.3) is 0 Å². The molecule has 0 N–H and O–H groups in total. The van der Waals surface area contributed by atoms with Gasteiger partial charge in [-0.2, -0.15) is 0 Å². The molecule has 1 aliphatic heterocycles. The number of rotatable bonds is 4. The maximum absolute atomic E-state index is 12.3. The quantitative estimate of drug-likeness (QED) is 0.746. The summed E-state index contributed by atoms with van der Waals surface area (Å²) in [5.74, 6) is -0.132. The van der Waals surface area contributed by atoms with E-state index >= 15 is 0 Å². The summed E-state index contributed by atoms with van der Waals surface area (Å²) in [6, 6.07) is 0. The molecule has 124 valence electrons. The first kappa shape index (κ1) is 18.1. The highest BCUT2D eigenvalue weighted by molar-refractivity contribution is 5.85. The maximum atomic E-state index is 12.3. The number of carbonyl (C=O) groups is 2. The summed E-state index contributed by atoms with van der Waals surface area (Å²) in [6.07, 6.45) is 3.09. The van der Waals surface area contributed by atoms with E-state index < -0.39 is 11.7 Å². The van der Waals surface area contributed by atoms with Crippen molar-refractivity contribution < 1.29 is 14.3 Å². The van der Waals surface area contributed by atoms with Crippen molar-refractivity contribution in [3.05, 3.63) is 24.6 Å². The van der Waals surface area contributed by atoms with Crippen molar-refractivity contribution in [3.8, 4) is 0 Å². The Bertz CT molecular complexity index is 466. The van der Waals surface area contributed by atoms with Crippen molar-refractivity contribution in [2.24, 2.45) is 0 Å². The van der Waals surface area contributed by atoms with E-state index in [2.05, 4.69) is 6.58 Å². The average Bonchev–Trinajstić information content (AvgIpc) is 2.42. The molecule has 0 aliphatic carbocycles. The van der Waals surface area contributed by atoms with Crippen LogP contribution in [0.1, 0.15) is 27.7 Å². The molecule has 0 aromatic rings. The van der Waals surface area contributed by atoms with E-state index in [0.717, 1.165) is 12.2 Å². The van der Waals surface area contributed by atoms with Crippen molar-refractivity contribution in [1.82, 2.24) is 14.7 Å². The van der Waals surface area contributed by atoms with Crippen molar-refractivity contribution in [3.63, 3.8) is 0 Å². The van der Waals surface area contributed by atoms with E-state index in [-0.39, 0.29) is 12.5 Å². The molecule has 0 saturated carbocycles. The number of hydrogen-bond acceptors (Lipinski definition) is 4. The summed E-state index contributed by atoms with van der Waals surface area (Å²) in [5.41, 5.74) is 0.186. The molecule has 0 aromatic carbocycles. The molecular weight excluding hydrogens is 282 g/mol. The first-order valence-electron chi connectivity index (χ1n) is 7.50. The lowest BCUT2D eigenvalue weighted by molar-refractivity contribution is -0.133. The lowest BCUT2D eigenvalue weighted by Gasteiger charge is -2.35. The minimum Gasteiger partial charge on any atom is -0.444 e. The summed E-state index contributed by atoms with van der Waals surface area (Å²) in [6.45, 7) is 13.0. The maximum Gasteiger partial charge on any atom is 0.410 e. The van der Waals surface area contributed by atoms with E-state index in [1.54, 1.807) is 11.0 Å². The van der Waals surface area contributed by atoms with Crippen LogP contribution in [-0.4, -0.2) is 65.5 Å². The zero-order valence-corrected chi connectivity index (χ0v) is 14.3. The molecule has 1 saturated heterocycles. The second-order valence-electron chi connectivity index (χ2n) is 6.28. The van der Waals surface area contributed by atoms with E-state index in [4.69, 9.17) is 4.74 Å². The monoisotopic (exact) mass is 309 g/mol. The number of piperazine rings is 1. The summed E-state index contributed by atoms with van der Waals surface area (Å²) in [4.78, 5) is 29.4. The molecule has 0 radical (unpaired) electrons. The van der Waals surface area contributed by atoms with E-state index in [1.807, 2.05) is 45.8 Å². The van der Waals surface area contributed by atoms with Crippen molar-refractivity contribution >= 4 is 12.0 Å². The molecule has 1 aliphatic rings. The summed E-state index contributed by atoms with van der Waals surface area (Å²) in [7, 11) is 1.94. The van der Waals surface area contributed by atoms with Crippen LogP contribution in [-0.2, 0) is 9.53 Å². The Morgan fingerprint density at radius 2 is 2.05 bits per heavy atom. The fourth-order valence-electron chi connectivity index (χ4n) is 1.98. The lowest BCUT2D eigenvalue weighted by Crippen LogP contribution is -2.52. The number of nitrogens with zero attached hydrogens (tertiary/aromatic N) is 3. The first-order valence-corrected chi connectivity index (χ1v) is 7.50. The number of ether oxygens (including phenoxy) is 1. The molecule has 0 atom stereocenters. The van der Waals surface area contributed by atoms with Crippen LogP contribution in [0.25, 0.3) is 0 Å². The van der Waals surface area contributed by atoms with Gasteiger partial charge in [0.1, 0.15) is 12.1 Å². The fraction of sp³-hybridized carbons (Fsp3) is 0.625. The molecule has 2 amide bonds. The van der Waals surface area contributed by atoms with E-state index in [0.29, 0.717) is 13.1 Å². The molecule has 0 bridgehead atoms. The molecule has 0 unspecified atom stereocenters. The Morgan fingerprint density at radius 3 is 2.50 bits per heavy atom. The van der Waals surface area contributed by atoms with Crippen LogP contribution in [0.15, 0.2) is 24.6 Å². The first-order chi connectivity index (χ1) is 10.2. The van der Waals surface area contributed by atoms with Crippen LogP contribution >= 0.6 is 0 Å². The zero-order chi connectivity index (χ0) is 16.9. The highest BCUT2D eigenvalue weighted by Gasteiger charge is 2.31. The average molecular weight is 309 g/mol. The normalized spacial score (nSPS) is 16.6. The van der Waals surface area contributed by atoms with E-state index in [1.165, 1.54) is 4.90 Å². The number of hydrogen-bond donors (Lipinski definition) is 0. The van der Waals surface area contributed by atoms with Gasteiger partial charge in [-0.1, -0.05) is 6.58 Å². The number of allylic oxidation sites excluding steroid dienone is 1. The highest BCUT2D eigenvalue weighted by Crippen LogP contribution is 2.16. The largest absolute Gasteiger partial charge is 0.444 e. The number of carbonyl (C=O) groups excluding carboxylic acids is 2. The van der Waals surface area contributed by atoms with Gasteiger partial charge in [-0.05, 0) is 33.8 Å². The van der Waals surface area contributed by atoms with Gasteiger partial charge < -0.3 is 14.5 Å². The number of amides is 2. The second-order valence-corrected chi connectivity index (χ2v) is 6.28. The smallest absolute Gasteiger partial charge is 0.410 e. The van der Waals surface area contributed by atoms with Crippen molar-refractivity contribution in [1.29, 1.82) is 0 Å². The van der Waals surface area contributed by atoms with Gasteiger partial charge in [-0.25, -0.2) is 4.79 Å². The van der Waals surface area contributed by atoms with Crippen LogP contribution in [0.2, 0.25) is 0 Å². The predicted octanol–water partition coefficient (Wildman–Crippen LogP) is 2.04. The molecule has 1 rings (SSSR count). The molecule has 6 nitrogen and oxygen atoms in total. The Morgan fingerprint density at radius 1 is 1.41 bits per heavy atom. The van der Waals surface area contributed by atoms with Crippen LogP contribution in [0.5, 0.6) is 0 Å². The van der Waals surface area contributed by atoms with Gasteiger partial charge in [0, 0.05) is 32.9 Å². The zero-order valence-electron chi connectivity index (χ0n) is 14.3. The summed E-state index contributed by atoms with van der Waals surface area (Å²) >= 11 is 0. The summed E-state index contributed by atoms with van der Waals surface area (Å²) in [5, 5.41) is 0. The molecule has 1 heterocycles.